The molecular weight excluding hydrogens is 234 g/mol. The van der Waals surface area contributed by atoms with Crippen molar-refractivity contribution in [2.45, 2.75) is 57.6 Å². The molecule has 0 radical (unpaired) electrons. The minimum absolute atomic E-state index is 0.308. The van der Waals surface area contributed by atoms with Gasteiger partial charge in [0.1, 0.15) is 11.1 Å². The smallest absolute Gasteiger partial charge is 0.411 e. The molecule has 0 aromatic carbocycles. The third-order valence-corrected chi connectivity index (χ3v) is 3.80. The Morgan fingerprint density at radius 2 is 2.06 bits per heavy atom. The van der Waals surface area contributed by atoms with Crippen LogP contribution in [0.25, 0.3) is 0 Å². The number of rotatable bonds is 1. The van der Waals surface area contributed by atoms with Gasteiger partial charge in [-0.25, -0.2) is 9.59 Å². The Kier molecular flexibility index (Phi) is 3.03. The molecule has 1 saturated carbocycles. The van der Waals surface area contributed by atoms with Gasteiger partial charge in [-0.15, -0.1) is 0 Å². The molecule has 1 N–H and O–H groups in total. The molecule has 2 rings (SSSR count). The number of carboxylic acids is 1. The highest BCUT2D eigenvalue weighted by molar-refractivity contribution is 5.85. The van der Waals surface area contributed by atoms with Crippen molar-refractivity contribution in [1.29, 1.82) is 0 Å². The van der Waals surface area contributed by atoms with Gasteiger partial charge in [0.2, 0.25) is 0 Å². The quantitative estimate of drug-likeness (QED) is 0.780. The van der Waals surface area contributed by atoms with E-state index in [1.54, 1.807) is 20.8 Å². The minimum atomic E-state index is -1.02. The maximum Gasteiger partial charge on any atom is 0.411 e. The predicted molar refractivity (Wildman–Crippen MR) is 65.3 cm³/mol. The second-order valence-corrected chi connectivity index (χ2v) is 6.39. The number of carbonyl (C=O) groups excluding carboxylic acids is 1. The largest absolute Gasteiger partial charge is 0.479 e. The van der Waals surface area contributed by atoms with E-state index in [-0.39, 0.29) is 0 Å². The van der Waals surface area contributed by atoms with Crippen LogP contribution in [0.3, 0.4) is 0 Å². The first-order valence-corrected chi connectivity index (χ1v) is 6.49. The van der Waals surface area contributed by atoms with Crippen LogP contribution in [-0.2, 0) is 9.53 Å². The fraction of sp³-hybridized carbons (Fsp3) is 0.846. The molecule has 1 amide bonds. The van der Waals surface area contributed by atoms with Gasteiger partial charge in [-0.1, -0.05) is 6.42 Å². The van der Waals surface area contributed by atoms with E-state index in [1.165, 1.54) is 4.90 Å². The summed E-state index contributed by atoms with van der Waals surface area (Å²) in [7, 11) is 0. The molecule has 1 aliphatic carbocycles. The molecule has 0 aromatic rings. The molecule has 2 bridgehead atoms. The molecule has 0 spiro atoms. The fourth-order valence-corrected chi connectivity index (χ4v) is 3.07. The van der Waals surface area contributed by atoms with Crippen LogP contribution in [0.1, 0.15) is 46.5 Å². The van der Waals surface area contributed by atoms with E-state index in [0.717, 1.165) is 12.8 Å². The Morgan fingerprint density at radius 1 is 1.39 bits per heavy atom. The topological polar surface area (TPSA) is 66.8 Å². The molecule has 18 heavy (non-hydrogen) atoms. The number of fused-ring (bicyclic) bond motifs is 2. The fourth-order valence-electron chi connectivity index (χ4n) is 3.07. The molecule has 1 saturated heterocycles. The summed E-state index contributed by atoms with van der Waals surface area (Å²) in [6.07, 6.45) is 2.50. The number of hydrogen-bond acceptors (Lipinski definition) is 3. The summed E-state index contributed by atoms with van der Waals surface area (Å²) in [4.78, 5) is 25.2. The SMILES string of the molecule is CC(C)(C)OC(=O)N1C[C@H]2CCC[C@]1(C(=O)O)C2. The van der Waals surface area contributed by atoms with Gasteiger partial charge in [0.25, 0.3) is 0 Å². The molecule has 5 nitrogen and oxygen atoms in total. The summed E-state index contributed by atoms with van der Waals surface area (Å²) in [5.74, 6) is -0.585. The number of nitrogens with zero attached hydrogens (tertiary/aromatic N) is 1. The number of amides is 1. The Morgan fingerprint density at radius 3 is 2.61 bits per heavy atom. The summed E-state index contributed by atoms with van der Waals surface area (Å²) in [5, 5.41) is 9.48. The predicted octanol–water partition coefficient (Wildman–Crippen LogP) is 2.25. The number of aliphatic carboxylic acids is 1. The summed E-state index contributed by atoms with van der Waals surface area (Å²) < 4.78 is 5.33. The molecule has 2 aliphatic rings. The summed E-state index contributed by atoms with van der Waals surface area (Å²) in [6.45, 7) is 5.89. The Bertz CT molecular complexity index is 374. The highest BCUT2D eigenvalue weighted by Gasteiger charge is 2.56. The maximum absolute atomic E-state index is 12.2. The third-order valence-electron chi connectivity index (χ3n) is 3.80. The molecule has 1 heterocycles. The van der Waals surface area contributed by atoms with E-state index in [4.69, 9.17) is 4.74 Å². The van der Waals surface area contributed by atoms with Crippen molar-refractivity contribution < 1.29 is 19.4 Å². The second kappa shape index (κ2) is 4.14. The number of likely N-dealkylation sites (tertiary alicyclic amines) is 1. The van der Waals surface area contributed by atoms with Gasteiger partial charge < -0.3 is 9.84 Å². The maximum atomic E-state index is 12.2. The van der Waals surface area contributed by atoms with Crippen LogP contribution in [0.5, 0.6) is 0 Å². The first kappa shape index (κ1) is 13.2. The van der Waals surface area contributed by atoms with Crippen molar-refractivity contribution in [1.82, 2.24) is 4.90 Å². The lowest BCUT2D eigenvalue weighted by Gasteiger charge is -2.36. The zero-order chi connectivity index (χ0) is 13.6. The Hall–Kier alpha value is -1.26. The average Bonchev–Trinajstić information content (AvgIpc) is 2.49. The van der Waals surface area contributed by atoms with Crippen molar-refractivity contribution in [3.63, 3.8) is 0 Å². The normalized spacial score (nSPS) is 31.3. The third kappa shape index (κ3) is 2.18. The molecule has 2 fully saturated rings. The summed E-state index contributed by atoms with van der Waals surface area (Å²) in [6, 6.07) is 0. The Labute approximate surface area is 107 Å². The molecule has 0 aromatic heterocycles. The first-order valence-electron chi connectivity index (χ1n) is 6.49. The van der Waals surface area contributed by atoms with Crippen LogP contribution in [0, 0.1) is 5.92 Å². The second-order valence-electron chi connectivity index (χ2n) is 6.39. The van der Waals surface area contributed by atoms with Crippen LogP contribution >= 0.6 is 0 Å². The lowest BCUT2D eigenvalue weighted by Crippen LogP contribution is -2.54. The number of ether oxygens (including phenoxy) is 1. The Balaban J connectivity index is 2.21. The van der Waals surface area contributed by atoms with Gasteiger partial charge in [-0.05, 0) is 46.0 Å². The minimum Gasteiger partial charge on any atom is -0.479 e. The van der Waals surface area contributed by atoms with Crippen molar-refractivity contribution in [3.05, 3.63) is 0 Å². The molecular formula is C13H21NO4. The summed E-state index contributed by atoms with van der Waals surface area (Å²) in [5.41, 5.74) is -1.61. The first-order chi connectivity index (χ1) is 8.24. The van der Waals surface area contributed by atoms with E-state index in [2.05, 4.69) is 0 Å². The molecule has 5 heteroatoms. The van der Waals surface area contributed by atoms with E-state index in [9.17, 15) is 14.7 Å². The number of carbonyl (C=O) groups is 2. The molecule has 102 valence electrons. The molecule has 1 aliphatic heterocycles. The van der Waals surface area contributed by atoms with Gasteiger partial charge >= 0.3 is 12.1 Å². The van der Waals surface area contributed by atoms with Crippen LogP contribution in [0.2, 0.25) is 0 Å². The lowest BCUT2D eigenvalue weighted by molar-refractivity contribution is -0.150. The van der Waals surface area contributed by atoms with E-state index in [1.807, 2.05) is 0 Å². The number of hydrogen-bond donors (Lipinski definition) is 1. The van der Waals surface area contributed by atoms with Crippen molar-refractivity contribution >= 4 is 12.1 Å². The highest BCUT2D eigenvalue weighted by Crippen LogP contribution is 2.44. The highest BCUT2D eigenvalue weighted by atomic mass is 16.6. The van der Waals surface area contributed by atoms with Gasteiger partial charge in [-0.3, -0.25) is 4.90 Å². The van der Waals surface area contributed by atoms with Crippen LogP contribution in [-0.4, -0.2) is 39.8 Å². The van der Waals surface area contributed by atoms with Gasteiger partial charge in [0.05, 0.1) is 0 Å². The van der Waals surface area contributed by atoms with Gasteiger partial charge in [0, 0.05) is 6.54 Å². The monoisotopic (exact) mass is 255 g/mol. The van der Waals surface area contributed by atoms with Crippen LogP contribution < -0.4 is 0 Å². The molecule has 0 unspecified atom stereocenters. The van der Waals surface area contributed by atoms with E-state index < -0.39 is 23.2 Å². The van der Waals surface area contributed by atoms with Gasteiger partial charge in [0.15, 0.2) is 0 Å². The van der Waals surface area contributed by atoms with Gasteiger partial charge in [-0.2, -0.15) is 0 Å². The van der Waals surface area contributed by atoms with E-state index in [0.29, 0.717) is 25.3 Å². The standard InChI is InChI=1S/C13H21NO4/c1-12(2,3)18-11(17)14-8-9-5-4-6-13(14,7-9)10(15)16/h9H,4-8H2,1-3H3,(H,15,16)/t9-,13+/m0/s1. The molecule has 2 atom stereocenters. The number of carboxylic acid groups (broad SMARTS) is 1. The van der Waals surface area contributed by atoms with Crippen molar-refractivity contribution in [2.24, 2.45) is 5.92 Å². The average molecular weight is 255 g/mol. The van der Waals surface area contributed by atoms with Crippen LogP contribution in [0.15, 0.2) is 0 Å². The van der Waals surface area contributed by atoms with Crippen molar-refractivity contribution in [2.75, 3.05) is 6.54 Å². The summed E-state index contributed by atoms with van der Waals surface area (Å²) >= 11 is 0. The zero-order valence-corrected chi connectivity index (χ0v) is 11.2. The zero-order valence-electron chi connectivity index (χ0n) is 11.2. The van der Waals surface area contributed by atoms with E-state index >= 15 is 0 Å². The van der Waals surface area contributed by atoms with Crippen LogP contribution in [0.4, 0.5) is 4.79 Å². The lowest BCUT2D eigenvalue weighted by atomic mass is 9.80. The van der Waals surface area contributed by atoms with Crippen molar-refractivity contribution in [3.8, 4) is 0 Å².